The highest BCUT2D eigenvalue weighted by Crippen LogP contribution is 2.11. The van der Waals surface area contributed by atoms with Crippen LogP contribution in [0.4, 0.5) is 10.1 Å². The largest absolute Gasteiger partial charge is 0.394 e. The lowest BCUT2D eigenvalue weighted by Gasteiger charge is -2.17. The number of para-hydroxylation sites is 1. The molecule has 16 heavy (non-hydrogen) atoms. The Labute approximate surface area is 99.7 Å². The molecule has 0 amide bonds. The van der Waals surface area contributed by atoms with Gasteiger partial charge in [-0.25, -0.2) is 4.39 Å². The topological polar surface area (TPSA) is 44.3 Å². The van der Waals surface area contributed by atoms with Crippen LogP contribution in [-0.4, -0.2) is 22.9 Å². The van der Waals surface area contributed by atoms with Crippen LogP contribution in [0.1, 0.15) is 13.3 Å². The van der Waals surface area contributed by atoms with Gasteiger partial charge in [0, 0.05) is 0 Å². The van der Waals surface area contributed by atoms with Crippen molar-refractivity contribution in [2.75, 3.05) is 11.9 Å². The van der Waals surface area contributed by atoms with Crippen molar-refractivity contribution in [3.8, 4) is 0 Å². The van der Waals surface area contributed by atoms with Crippen LogP contribution in [0.25, 0.3) is 0 Å². The van der Waals surface area contributed by atoms with Crippen LogP contribution < -0.4 is 10.6 Å². The zero-order valence-electron chi connectivity index (χ0n) is 9.03. The van der Waals surface area contributed by atoms with Crippen molar-refractivity contribution >= 4 is 23.0 Å². The Hall–Kier alpha value is -1.20. The molecule has 5 heteroatoms. The first-order valence-electron chi connectivity index (χ1n) is 5.10. The molecule has 0 aliphatic heterocycles. The van der Waals surface area contributed by atoms with Crippen LogP contribution >= 0.6 is 12.2 Å². The number of aliphatic hydroxyl groups is 1. The third-order valence-electron chi connectivity index (χ3n) is 2.17. The van der Waals surface area contributed by atoms with Crippen molar-refractivity contribution < 1.29 is 9.50 Å². The molecule has 0 radical (unpaired) electrons. The molecule has 0 heterocycles. The average Bonchev–Trinajstić information content (AvgIpc) is 2.29. The molecule has 3 N–H and O–H groups in total. The van der Waals surface area contributed by atoms with Gasteiger partial charge in [0.2, 0.25) is 0 Å². The van der Waals surface area contributed by atoms with Crippen molar-refractivity contribution in [2.24, 2.45) is 0 Å². The maximum Gasteiger partial charge on any atom is 0.171 e. The third kappa shape index (κ3) is 3.75. The Morgan fingerprint density at radius 3 is 2.75 bits per heavy atom. The monoisotopic (exact) mass is 242 g/mol. The summed E-state index contributed by atoms with van der Waals surface area (Å²) in [5.41, 5.74) is 0.327. The van der Waals surface area contributed by atoms with E-state index in [0.29, 0.717) is 10.8 Å². The minimum Gasteiger partial charge on any atom is -0.394 e. The van der Waals surface area contributed by atoms with E-state index in [1.54, 1.807) is 18.2 Å². The van der Waals surface area contributed by atoms with E-state index < -0.39 is 0 Å². The number of hydrogen-bond acceptors (Lipinski definition) is 2. The molecule has 0 saturated carbocycles. The molecule has 1 aromatic carbocycles. The lowest BCUT2D eigenvalue weighted by molar-refractivity contribution is 0.253. The molecule has 88 valence electrons. The first-order chi connectivity index (χ1) is 7.67. The molecule has 0 spiro atoms. The van der Waals surface area contributed by atoms with Crippen molar-refractivity contribution in [3.63, 3.8) is 0 Å². The Bertz CT molecular complexity index is 356. The van der Waals surface area contributed by atoms with Crippen molar-refractivity contribution in [1.82, 2.24) is 5.32 Å². The van der Waals surface area contributed by atoms with Gasteiger partial charge in [0.05, 0.1) is 18.3 Å². The number of rotatable bonds is 4. The smallest absolute Gasteiger partial charge is 0.171 e. The SMILES string of the molecule is CC[C@H](CO)NC(=S)Nc1ccccc1F. The number of benzene rings is 1. The molecule has 0 aliphatic rings. The molecule has 0 aliphatic carbocycles. The first kappa shape index (κ1) is 12.9. The molecular formula is C11H15FN2OS. The zero-order valence-corrected chi connectivity index (χ0v) is 9.85. The molecule has 3 nitrogen and oxygen atoms in total. The van der Waals surface area contributed by atoms with Gasteiger partial charge in [0.15, 0.2) is 5.11 Å². The van der Waals surface area contributed by atoms with E-state index in [9.17, 15) is 4.39 Å². The Morgan fingerprint density at radius 1 is 1.50 bits per heavy atom. The fourth-order valence-corrected chi connectivity index (χ4v) is 1.46. The van der Waals surface area contributed by atoms with Gasteiger partial charge in [-0.3, -0.25) is 0 Å². The van der Waals surface area contributed by atoms with E-state index in [-0.39, 0.29) is 18.5 Å². The molecule has 1 atom stereocenters. The van der Waals surface area contributed by atoms with E-state index in [1.165, 1.54) is 6.07 Å². The summed E-state index contributed by atoms with van der Waals surface area (Å²) in [4.78, 5) is 0. The van der Waals surface area contributed by atoms with Crippen molar-refractivity contribution in [1.29, 1.82) is 0 Å². The predicted molar refractivity (Wildman–Crippen MR) is 66.9 cm³/mol. The van der Waals surface area contributed by atoms with E-state index in [0.717, 1.165) is 6.42 Å². The summed E-state index contributed by atoms with van der Waals surface area (Å²) < 4.78 is 13.3. The van der Waals surface area contributed by atoms with Crippen LogP contribution in [0.3, 0.4) is 0 Å². The molecule has 0 bridgehead atoms. The summed E-state index contributed by atoms with van der Waals surface area (Å²) in [7, 11) is 0. The molecule has 0 saturated heterocycles. The number of anilines is 1. The number of aliphatic hydroxyl groups excluding tert-OH is 1. The number of hydrogen-bond donors (Lipinski definition) is 3. The fourth-order valence-electron chi connectivity index (χ4n) is 1.18. The van der Waals surface area contributed by atoms with Crippen LogP contribution in [-0.2, 0) is 0 Å². The summed E-state index contributed by atoms with van der Waals surface area (Å²) >= 11 is 5.00. The van der Waals surface area contributed by atoms with Crippen molar-refractivity contribution in [3.05, 3.63) is 30.1 Å². The number of halogens is 1. The molecule has 1 aromatic rings. The van der Waals surface area contributed by atoms with Gasteiger partial charge in [0.25, 0.3) is 0 Å². The number of thiocarbonyl (C=S) groups is 1. The highest BCUT2D eigenvalue weighted by molar-refractivity contribution is 7.80. The molecule has 0 aromatic heterocycles. The van der Waals surface area contributed by atoms with Gasteiger partial charge in [-0.05, 0) is 30.8 Å². The lowest BCUT2D eigenvalue weighted by atomic mass is 10.2. The van der Waals surface area contributed by atoms with Gasteiger partial charge >= 0.3 is 0 Å². The second-order valence-electron chi connectivity index (χ2n) is 3.37. The maximum atomic E-state index is 13.3. The maximum absolute atomic E-state index is 13.3. The highest BCUT2D eigenvalue weighted by atomic mass is 32.1. The second-order valence-corrected chi connectivity index (χ2v) is 3.77. The average molecular weight is 242 g/mol. The summed E-state index contributed by atoms with van der Waals surface area (Å²) in [6, 6.07) is 6.18. The lowest BCUT2D eigenvalue weighted by Crippen LogP contribution is -2.39. The van der Waals surface area contributed by atoms with Gasteiger partial charge in [0.1, 0.15) is 5.82 Å². The minimum atomic E-state index is -0.358. The zero-order chi connectivity index (χ0) is 12.0. The normalized spacial score (nSPS) is 11.9. The Balaban J connectivity index is 2.55. The molecule has 1 rings (SSSR count). The second kappa shape index (κ2) is 6.40. The van der Waals surface area contributed by atoms with Gasteiger partial charge in [-0.1, -0.05) is 19.1 Å². The van der Waals surface area contributed by atoms with Crippen LogP contribution in [0.2, 0.25) is 0 Å². The van der Waals surface area contributed by atoms with Crippen LogP contribution in [0, 0.1) is 5.82 Å². The molecule has 0 unspecified atom stereocenters. The Morgan fingerprint density at radius 2 is 2.19 bits per heavy atom. The van der Waals surface area contributed by atoms with Gasteiger partial charge in [-0.15, -0.1) is 0 Å². The van der Waals surface area contributed by atoms with E-state index in [1.807, 2.05) is 6.92 Å². The minimum absolute atomic E-state index is 0.00437. The molecule has 0 fully saturated rings. The van der Waals surface area contributed by atoms with E-state index in [2.05, 4.69) is 10.6 Å². The molecular weight excluding hydrogens is 227 g/mol. The van der Waals surface area contributed by atoms with Crippen LogP contribution in [0.15, 0.2) is 24.3 Å². The first-order valence-corrected chi connectivity index (χ1v) is 5.51. The quantitative estimate of drug-likeness (QED) is 0.705. The summed E-state index contributed by atoms with van der Waals surface area (Å²) in [6.45, 7) is 1.93. The van der Waals surface area contributed by atoms with Crippen LogP contribution in [0.5, 0.6) is 0 Å². The number of nitrogens with one attached hydrogen (secondary N) is 2. The summed E-state index contributed by atoms with van der Waals surface area (Å²) in [5.74, 6) is -0.358. The van der Waals surface area contributed by atoms with Gasteiger partial charge in [-0.2, -0.15) is 0 Å². The standard InChI is InChI=1S/C11H15FN2OS/c1-2-8(7-15)13-11(16)14-10-6-4-3-5-9(10)12/h3-6,8,15H,2,7H2,1H3,(H2,13,14,16)/t8-/m1/s1. The van der Waals surface area contributed by atoms with Crippen molar-refractivity contribution in [2.45, 2.75) is 19.4 Å². The summed E-state index contributed by atoms with van der Waals surface area (Å²) in [5, 5.41) is 14.9. The Kier molecular flexibility index (Phi) is 5.14. The highest BCUT2D eigenvalue weighted by Gasteiger charge is 2.07. The summed E-state index contributed by atoms with van der Waals surface area (Å²) in [6.07, 6.45) is 0.746. The third-order valence-corrected chi connectivity index (χ3v) is 2.39. The van der Waals surface area contributed by atoms with Gasteiger partial charge < -0.3 is 15.7 Å². The van der Waals surface area contributed by atoms with E-state index in [4.69, 9.17) is 17.3 Å². The fraction of sp³-hybridized carbons (Fsp3) is 0.364. The van der Waals surface area contributed by atoms with E-state index >= 15 is 0 Å². The predicted octanol–water partition coefficient (Wildman–Crippen LogP) is 1.88.